The summed E-state index contributed by atoms with van der Waals surface area (Å²) in [6.07, 6.45) is 5.62. The van der Waals surface area contributed by atoms with Gasteiger partial charge in [-0.25, -0.2) is 4.79 Å². The lowest BCUT2D eigenvalue weighted by molar-refractivity contribution is 0.249. The maximum absolute atomic E-state index is 11.5. The second-order valence-electron chi connectivity index (χ2n) is 3.57. The van der Waals surface area contributed by atoms with E-state index in [0.29, 0.717) is 22.2 Å². The van der Waals surface area contributed by atoms with E-state index in [1.807, 2.05) is 6.92 Å². The van der Waals surface area contributed by atoms with Crippen molar-refractivity contribution in [1.82, 2.24) is 5.32 Å². The summed E-state index contributed by atoms with van der Waals surface area (Å²) in [6, 6.07) is 4.38. The van der Waals surface area contributed by atoms with Gasteiger partial charge in [-0.15, -0.1) is 12.3 Å². The maximum Gasteiger partial charge on any atom is 0.319 e. The number of carbonyl (C=O) groups is 1. The van der Waals surface area contributed by atoms with Crippen molar-refractivity contribution >= 4 is 34.9 Å². The van der Waals surface area contributed by atoms with Gasteiger partial charge in [0.15, 0.2) is 0 Å². The van der Waals surface area contributed by atoms with E-state index in [-0.39, 0.29) is 12.1 Å². The molecule has 1 atom stereocenters. The third-order valence-corrected chi connectivity index (χ3v) is 2.36. The van der Waals surface area contributed by atoms with E-state index < -0.39 is 0 Å². The first-order valence-electron chi connectivity index (χ1n) is 4.98. The highest BCUT2D eigenvalue weighted by molar-refractivity contribution is 6.35. The Morgan fingerprint density at radius 2 is 2.00 bits per heavy atom. The number of urea groups is 1. The number of benzene rings is 1. The molecule has 1 unspecified atom stereocenters. The Balaban J connectivity index is 2.59. The molecule has 2 amide bonds. The van der Waals surface area contributed by atoms with Crippen LogP contribution in [-0.4, -0.2) is 12.1 Å². The summed E-state index contributed by atoms with van der Waals surface area (Å²) in [5, 5.41) is 6.24. The number of rotatable bonds is 3. The second-order valence-corrected chi connectivity index (χ2v) is 4.44. The summed E-state index contributed by atoms with van der Waals surface area (Å²) in [5.41, 5.74) is 0.535. The Morgan fingerprint density at radius 1 is 1.41 bits per heavy atom. The van der Waals surface area contributed by atoms with Crippen molar-refractivity contribution in [3.63, 3.8) is 0 Å². The predicted molar refractivity (Wildman–Crippen MR) is 71.5 cm³/mol. The SMILES string of the molecule is C#CCC(C)NC(=O)Nc1cc(Cl)cc(Cl)c1. The molecule has 0 saturated carbocycles. The number of terminal acetylenes is 1. The van der Waals surface area contributed by atoms with Crippen molar-refractivity contribution in [1.29, 1.82) is 0 Å². The largest absolute Gasteiger partial charge is 0.334 e. The van der Waals surface area contributed by atoms with E-state index in [4.69, 9.17) is 29.6 Å². The molecule has 1 aromatic carbocycles. The molecule has 0 saturated heterocycles. The van der Waals surface area contributed by atoms with Crippen LogP contribution < -0.4 is 10.6 Å². The zero-order chi connectivity index (χ0) is 12.8. The van der Waals surface area contributed by atoms with Crippen molar-refractivity contribution in [2.45, 2.75) is 19.4 Å². The van der Waals surface area contributed by atoms with Gasteiger partial charge in [-0.05, 0) is 25.1 Å². The molecule has 0 bridgehead atoms. The number of anilines is 1. The predicted octanol–water partition coefficient (Wildman–Crippen LogP) is 3.53. The number of amides is 2. The standard InChI is InChI=1S/C12H12Cl2N2O/c1-3-4-8(2)15-12(17)16-11-6-9(13)5-10(14)7-11/h1,5-8H,4H2,2H3,(H2,15,16,17). The smallest absolute Gasteiger partial charge is 0.319 e. The van der Waals surface area contributed by atoms with Gasteiger partial charge in [0.2, 0.25) is 0 Å². The van der Waals surface area contributed by atoms with Crippen LogP contribution >= 0.6 is 23.2 Å². The van der Waals surface area contributed by atoms with Crippen LogP contribution in [0, 0.1) is 12.3 Å². The summed E-state index contributed by atoms with van der Waals surface area (Å²) in [5.74, 6) is 2.47. The van der Waals surface area contributed by atoms with Gasteiger partial charge in [0.25, 0.3) is 0 Å². The summed E-state index contributed by atoms with van der Waals surface area (Å²) in [7, 11) is 0. The molecule has 90 valence electrons. The minimum atomic E-state index is -0.342. The van der Waals surface area contributed by atoms with E-state index in [9.17, 15) is 4.79 Å². The third-order valence-electron chi connectivity index (χ3n) is 1.92. The Morgan fingerprint density at radius 3 is 2.53 bits per heavy atom. The Bertz CT molecular complexity index is 434. The number of halogens is 2. The number of hydrogen-bond donors (Lipinski definition) is 2. The number of hydrogen-bond acceptors (Lipinski definition) is 1. The molecule has 0 aliphatic heterocycles. The first-order valence-corrected chi connectivity index (χ1v) is 5.74. The van der Waals surface area contributed by atoms with Gasteiger partial charge in [-0.3, -0.25) is 0 Å². The van der Waals surface area contributed by atoms with Crippen molar-refractivity contribution < 1.29 is 4.79 Å². The van der Waals surface area contributed by atoms with Crippen LogP contribution in [0.1, 0.15) is 13.3 Å². The maximum atomic E-state index is 11.5. The van der Waals surface area contributed by atoms with Crippen molar-refractivity contribution in [3.8, 4) is 12.3 Å². The third kappa shape index (κ3) is 4.99. The Hall–Kier alpha value is -1.37. The Kier molecular flexibility index (Phi) is 5.14. The molecule has 1 rings (SSSR count). The van der Waals surface area contributed by atoms with Gasteiger partial charge in [-0.1, -0.05) is 23.2 Å². The van der Waals surface area contributed by atoms with Crippen molar-refractivity contribution in [2.24, 2.45) is 0 Å². The number of carbonyl (C=O) groups excluding carboxylic acids is 1. The summed E-state index contributed by atoms with van der Waals surface area (Å²) in [4.78, 5) is 11.5. The summed E-state index contributed by atoms with van der Waals surface area (Å²) < 4.78 is 0. The first-order chi connectivity index (χ1) is 8.01. The van der Waals surface area contributed by atoms with Crippen LogP contribution in [0.25, 0.3) is 0 Å². The highest BCUT2D eigenvalue weighted by atomic mass is 35.5. The zero-order valence-electron chi connectivity index (χ0n) is 9.26. The van der Waals surface area contributed by atoms with E-state index >= 15 is 0 Å². The molecule has 0 aliphatic carbocycles. The molecule has 5 heteroatoms. The highest BCUT2D eigenvalue weighted by Crippen LogP contribution is 2.22. The van der Waals surface area contributed by atoms with Crippen LogP contribution in [0.15, 0.2) is 18.2 Å². The molecule has 0 fully saturated rings. The van der Waals surface area contributed by atoms with Gasteiger partial charge in [0.05, 0.1) is 0 Å². The molecule has 0 heterocycles. The van der Waals surface area contributed by atoms with E-state index in [1.165, 1.54) is 0 Å². The number of nitrogens with one attached hydrogen (secondary N) is 2. The van der Waals surface area contributed by atoms with Gasteiger partial charge in [0, 0.05) is 28.2 Å². The average molecular weight is 271 g/mol. The van der Waals surface area contributed by atoms with Crippen LogP contribution in [-0.2, 0) is 0 Å². The van der Waals surface area contributed by atoms with E-state index in [2.05, 4.69) is 16.6 Å². The molecular weight excluding hydrogens is 259 g/mol. The van der Waals surface area contributed by atoms with Crippen LogP contribution in [0.4, 0.5) is 10.5 Å². The minimum absolute atomic E-state index is 0.0883. The molecule has 0 aromatic heterocycles. The normalized spacial score (nSPS) is 11.4. The fraction of sp³-hybridized carbons (Fsp3) is 0.250. The van der Waals surface area contributed by atoms with Crippen LogP contribution in [0.2, 0.25) is 10.0 Å². The Labute approximate surface area is 110 Å². The fourth-order valence-corrected chi connectivity index (χ4v) is 1.77. The summed E-state index contributed by atoms with van der Waals surface area (Å²) in [6.45, 7) is 1.82. The lowest BCUT2D eigenvalue weighted by Gasteiger charge is -2.12. The molecule has 1 aromatic rings. The van der Waals surface area contributed by atoms with Gasteiger partial charge in [-0.2, -0.15) is 0 Å². The lowest BCUT2D eigenvalue weighted by Crippen LogP contribution is -2.35. The molecular formula is C12H12Cl2N2O. The zero-order valence-corrected chi connectivity index (χ0v) is 10.8. The van der Waals surface area contributed by atoms with Gasteiger partial charge < -0.3 is 10.6 Å². The van der Waals surface area contributed by atoms with E-state index in [1.54, 1.807) is 18.2 Å². The molecule has 0 aliphatic rings. The monoisotopic (exact) mass is 270 g/mol. The van der Waals surface area contributed by atoms with Crippen molar-refractivity contribution in [2.75, 3.05) is 5.32 Å². The first kappa shape index (κ1) is 13.7. The molecule has 0 radical (unpaired) electrons. The lowest BCUT2D eigenvalue weighted by atomic mass is 10.2. The minimum Gasteiger partial charge on any atom is -0.334 e. The highest BCUT2D eigenvalue weighted by Gasteiger charge is 2.07. The van der Waals surface area contributed by atoms with E-state index in [0.717, 1.165) is 0 Å². The quantitative estimate of drug-likeness (QED) is 0.811. The molecule has 2 N–H and O–H groups in total. The van der Waals surface area contributed by atoms with Gasteiger partial charge >= 0.3 is 6.03 Å². The molecule has 3 nitrogen and oxygen atoms in total. The van der Waals surface area contributed by atoms with Crippen LogP contribution in [0.3, 0.4) is 0 Å². The second kappa shape index (κ2) is 6.39. The molecule has 0 spiro atoms. The van der Waals surface area contributed by atoms with Gasteiger partial charge in [0.1, 0.15) is 0 Å². The fourth-order valence-electron chi connectivity index (χ4n) is 1.24. The summed E-state index contributed by atoms with van der Waals surface area (Å²) >= 11 is 11.6. The van der Waals surface area contributed by atoms with Crippen molar-refractivity contribution in [3.05, 3.63) is 28.2 Å². The average Bonchev–Trinajstić information content (AvgIpc) is 2.14. The molecule has 17 heavy (non-hydrogen) atoms. The topological polar surface area (TPSA) is 41.1 Å². The van der Waals surface area contributed by atoms with Crippen LogP contribution in [0.5, 0.6) is 0 Å².